The van der Waals surface area contributed by atoms with Crippen LogP contribution in [0.2, 0.25) is 0 Å². The molecule has 1 saturated heterocycles. The van der Waals surface area contributed by atoms with Crippen molar-refractivity contribution in [1.29, 1.82) is 5.26 Å². The summed E-state index contributed by atoms with van der Waals surface area (Å²) in [5.74, 6) is -0.724. The van der Waals surface area contributed by atoms with E-state index in [4.69, 9.17) is 4.74 Å². The summed E-state index contributed by atoms with van der Waals surface area (Å²) < 4.78 is 48.5. The normalized spacial score (nSPS) is 17.0. The van der Waals surface area contributed by atoms with Crippen LogP contribution in [-0.4, -0.2) is 51.3 Å². The van der Waals surface area contributed by atoms with Gasteiger partial charge in [0.15, 0.2) is 0 Å². The first kappa shape index (κ1) is 28.7. The third-order valence-corrected chi connectivity index (χ3v) is 7.47. The fourth-order valence-electron chi connectivity index (χ4n) is 5.44. The minimum atomic E-state index is -4.63. The minimum Gasteiger partial charge on any atom is -0.466 e. The van der Waals surface area contributed by atoms with Crippen LogP contribution in [0.5, 0.6) is 0 Å². The van der Waals surface area contributed by atoms with Crippen molar-refractivity contribution in [3.05, 3.63) is 87.0 Å². The second kappa shape index (κ2) is 11.2. The van der Waals surface area contributed by atoms with Crippen LogP contribution in [0, 0.1) is 11.3 Å². The molecule has 3 heterocycles. The molecule has 0 N–H and O–H groups in total. The van der Waals surface area contributed by atoms with Crippen molar-refractivity contribution in [2.75, 3.05) is 25.1 Å². The Hall–Kier alpha value is -4.86. The van der Waals surface area contributed by atoms with Crippen LogP contribution in [0.15, 0.2) is 64.6 Å². The molecule has 2 aliphatic heterocycles. The predicted octanol–water partition coefficient (Wildman–Crippen LogP) is 4.14. The third kappa shape index (κ3) is 5.15. The SMILES string of the molecule is COC(=O)C1=C(C)N(c2cccc(C(F)(F)F)c2)c2nn(CCCN3CCCC3=O)c(=O)n2C1c1ccc(C#N)cc1. The maximum atomic E-state index is 13.9. The number of aryl methyl sites for hydroxylation is 1. The van der Waals surface area contributed by atoms with Crippen LogP contribution in [0.3, 0.4) is 0 Å². The number of ether oxygens (including phenoxy) is 1. The van der Waals surface area contributed by atoms with Crippen molar-refractivity contribution < 1.29 is 27.5 Å². The Kier molecular flexibility index (Phi) is 7.64. The maximum absolute atomic E-state index is 13.9. The standard InChI is InChI=1S/C29H27F3N6O4/c1-18-24(26(40)42-2)25(20-11-9-19(17-33)10-12-20)38-27(37(18)22-7-3-6-21(16-22)29(30,31)32)34-36(28(38)41)15-5-14-35-13-4-8-23(35)39/h3,6-7,9-12,16,25H,4-5,8,13-15H2,1-2H3. The van der Waals surface area contributed by atoms with Crippen LogP contribution in [0.1, 0.15) is 48.9 Å². The Morgan fingerprint density at radius 1 is 1.14 bits per heavy atom. The van der Waals surface area contributed by atoms with Gasteiger partial charge in [0.2, 0.25) is 11.9 Å². The Morgan fingerprint density at radius 3 is 2.50 bits per heavy atom. The van der Waals surface area contributed by atoms with Crippen LogP contribution in [-0.2, 0) is 27.0 Å². The summed E-state index contributed by atoms with van der Waals surface area (Å²) >= 11 is 0. The third-order valence-electron chi connectivity index (χ3n) is 7.47. The van der Waals surface area contributed by atoms with Crippen molar-refractivity contribution in [3.8, 4) is 6.07 Å². The number of aromatic nitrogens is 3. The molecule has 5 rings (SSSR count). The van der Waals surface area contributed by atoms with Gasteiger partial charge in [-0.05, 0) is 55.7 Å². The summed E-state index contributed by atoms with van der Waals surface area (Å²) in [7, 11) is 1.18. The number of methoxy groups -OCH3 is 1. The highest BCUT2D eigenvalue weighted by atomic mass is 19.4. The number of likely N-dealkylation sites (tertiary alicyclic amines) is 1. The highest BCUT2D eigenvalue weighted by Crippen LogP contribution is 2.43. The second-order valence-corrected chi connectivity index (χ2v) is 10.0. The first-order chi connectivity index (χ1) is 20.0. The quantitative estimate of drug-likeness (QED) is 0.386. The zero-order valence-electron chi connectivity index (χ0n) is 22.9. The molecule has 1 fully saturated rings. The van der Waals surface area contributed by atoms with Crippen molar-refractivity contribution in [1.82, 2.24) is 19.2 Å². The molecule has 1 aromatic heterocycles. The molecule has 0 bridgehead atoms. The van der Waals surface area contributed by atoms with Gasteiger partial charge in [-0.25, -0.2) is 18.8 Å². The van der Waals surface area contributed by atoms with Crippen molar-refractivity contribution in [2.45, 2.75) is 44.9 Å². The van der Waals surface area contributed by atoms with Crippen molar-refractivity contribution >= 4 is 23.5 Å². The van der Waals surface area contributed by atoms with E-state index in [9.17, 15) is 32.8 Å². The Bertz CT molecular complexity index is 1670. The number of nitrogens with zero attached hydrogens (tertiary/aromatic N) is 6. The molecule has 3 aromatic rings. The van der Waals surface area contributed by atoms with Crippen molar-refractivity contribution in [3.63, 3.8) is 0 Å². The number of hydrogen-bond acceptors (Lipinski definition) is 7. The number of esters is 1. The molecule has 218 valence electrons. The number of hydrogen-bond donors (Lipinski definition) is 0. The summed E-state index contributed by atoms with van der Waals surface area (Å²) in [6.45, 7) is 2.75. The molecule has 1 atom stereocenters. The van der Waals surface area contributed by atoms with E-state index in [0.29, 0.717) is 37.1 Å². The van der Waals surface area contributed by atoms with Gasteiger partial charge in [0, 0.05) is 37.4 Å². The molecule has 0 spiro atoms. The summed E-state index contributed by atoms with van der Waals surface area (Å²) in [6.07, 6.45) is -2.95. The molecule has 10 nitrogen and oxygen atoms in total. The number of anilines is 2. The number of carbonyl (C=O) groups excluding carboxylic acids is 2. The number of nitriles is 1. The summed E-state index contributed by atoms with van der Waals surface area (Å²) in [4.78, 5) is 42.3. The number of carbonyl (C=O) groups is 2. The molecule has 0 radical (unpaired) electrons. The average Bonchev–Trinajstić information content (AvgIpc) is 3.53. The number of rotatable bonds is 7. The number of allylic oxidation sites excluding steroid dienone is 1. The summed E-state index contributed by atoms with van der Waals surface area (Å²) in [6, 6.07) is 11.8. The van der Waals surface area contributed by atoms with Gasteiger partial charge in [-0.2, -0.15) is 18.4 Å². The number of halogens is 3. The van der Waals surface area contributed by atoms with Gasteiger partial charge in [0.05, 0.1) is 29.9 Å². The van der Waals surface area contributed by atoms with E-state index in [1.54, 1.807) is 36.1 Å². The van der Waals surface area contributed by atoms with Gasteiger partial charge in [-0.1, -0.05) is 18.2 Å². The molecule has 2 aliphatic rings. The van der Waals surface area contributed by atoms with Crippen LogP contribution < -0.4 is 10.6 Å². The lowest BCUT2D eigenvalue weighted by Gasteiger charge is -2.35. The first-order valence-electron chi connectivity index (χ1n) is 13.3. The van der Waals surface area contributed by atoms with Crippen LogP contribution >= 0.6 is 0 Å². The molecule has 1 unspecified atom stereocenters. The molecule has 0 saturated carbocycles. The zero-order chi connectivity index (χ0) is 30.2. The predicted molar refractivity (Wildman–Crippen MR) is 145 cm³/mol. The van der Waals surface area contributed by atoms with E-state index in [0.717, 1.165) is 18.6 Å². The van der Waals surface area contributed by atoms with E-state index >= 15 is 0 Å². The number of alkyl halides is 3. The maximum Gasteiger partial charge on any atom is 0.416 e. The van der Waals surface area contributed by atoms with Gasteiger partial charge in [-0.3, -0.25) is 9.69 Å². The van der Waals surface area contributed by atoms with Gasteiger partial charge in [0.1, 0.15) is 6.04 Å². The molecule has 42 heavy (non-hydrogen) atoms. The smallest absolute Gasteiger partial charge is 0.416 e. The minimum absolute atomic E-state index is 0.0103. The van der Waals surface area contributed by atoms with E-state index in [1.807, 2.05) is 6.07 Å². The lowest BCUT2D eigenvalue weighted by molar-refractivity contribution is -0.138. The van der Waals surface area contributed by atoms with Gasteiger partial charge < -0.3 is 9.64 Å². The summed E-state index contributed by atoms with van der Waals surface area (Å²) in [5.41, 5.74) is -0.381. The molecule has 1 amide bonds. The highest BCUT2D eigenvalue weighted by molar-refractivity contribution is 5.93. The number of fused-ring (bicyclic) bond motifs is 1. The van der Waals surface area contributed by atoms with Crippen LogP contribution in [0.4, 0.5) is 24.8 Å². The van der Waals surface area contributed by atoms with Crippen LogP contribution in [0.25, 0.3) is 0 Å². The Balaban J connectivity index is 1.67. The van der Waals surface area contributed by atoms with Gasteiger partial charge in [0.25, 0.3) is 0 Å². The number of benzene rings is 2. The molecule has 0 aliphatic carbocycles. The van der Waals surface area contributed by atoms with Crippen molar-refractivity contribution in [2.24, 2.45) is 0 Å². The fourth-order valence-corrected chi connectivity index (χ4v) is 5.44. The first-order valence-corrected chi connectivity index (χ1v) is 13.3. The fraction of sp³-hybridized carbons (Fsp3) is 0.345. The second-order valence-electron chi connectivity index (χ2n) is 10.0. The van der Waals surface area contributed by atoms with E-state index in [1.165, 1.54) is 33.4 Å². The van der Waals surface area contributed by atoms with Gasteiger partial charge >= 0.3 is 17.8 Å². The molecule has 2 aromatic carbocycles. The van der Waals surface area contributed by atoms with E-state index < -0.39 is 29.4 Å². The van der Waals surface area contributed by atoms with E-state index in [2.05, 4.69) is 5.10 Å². The zero-order valence-corrected chi connectivity index (χ0v) is 22.9. The monoisotopic (exact) mass is 580 g/mol. The topological polar surface area (TPSA) is 113 Å². The average molecular weight is 581 g/mol. The Morgan fingerprint density at radius 2 is 1.88 bits per heavy atom. The number of amides is 1. The molecular weight excluding hydrogens is 553 g/mol. The largest absolute Gasteiger partial charge is 0.466 e. The highest BCUT2D eigenvalue weighted by Gasteiger charge is 2.41. The summed E-state index contributed by atoms with van der Waals surface area (Å²) in [5, 5.41) is 13.8. The van der Waals surface area contributed by atoms with E-state index in [-0.39, 0.29) is 35.4 Å². The molecule has 13 heteroatoms. The Labute approximate surface area is 238 Å². The molecular formula is C29H27F3N6O4. The lowest BCUT2D eigenvalue weighted by atomic mass is 9.93. The lowest BCUT2D eigenvalue weighted by Crippen LogP contribution is -2.38. The van der Waals surface area contributed by atoms with Gasteiger partial charge in [-0.15, -0.1) is 5.10 Å².